The molecule has 1 aromatic rings. The van der Waals surface area contributed by atoms with E-state index >= 15 is 0 Å². The molecule has 1 fully saturated rings. The molecule has 0 aliphatic heterocycles. The van der Waals surface area contributed by atoms with Crippen molar-refractivity contribution in [3.63, 3.8) is 0 Å². The van der Waals surface area contributed by atoms with Crippen LogP contribution >= 0.6 is 11.6 Å². The lowest BCUT2D eigenvalue weighted by Crippen LogP contribution is -2.16. The average Bonchev–Trinajstić information content (AvgIpc) is 3.08. The number of aryl methyl sites for hydroxylation is 1. The Morgan fingerprint density at radius 1 is 1.47 bits per heavy atom. The molecule has 92 valence electrons. The number of hydrogen-bond acceptors (Lipinski definition) is 3. The molecule has 2 rings (SSSR count). The zero-order valence-electron chi connectivity index (χ0n) is 9.49. The Morgan fingerprint density at radius 3 is 2.65 bits per heavy atom. The first-order valence-electron chi connectivity index (χ1n) is 5.69. The lowest BCUT2D eigenvalue weighted by atomic mass is 9.97. The Morgan fingerprint density at radius 2 is 2.18 bits per heavy atom. The minimum atomic E-state index is -0.433. The first-order valence-corrected chi connectivity index (χ1v) is 6.07. The molecular weight excluding hydrogens is 240 g/mol. The summed E-state index contributed by atoms with van der Waals surface area (Å²) in [6, 6.07) is 4.66. The van der Waals surface area contributed by atoms with Crippen molar-refractivity contribution >= 4 is 17.3 Å². The molecule has 0 saturated heterocycles. The van der Waals surface area contributed by atoms with Crippen molar-refractivity contribution < 1.29 is 4.92 Å². The summed E-state index contributed by atoms with van der Waals surface area (Å²) < 4.78 is 0. The van der Waals surface area contributed by atoms with Crippen LogP contribution in [0.5, 0.6) is 0 Å². The van der Waals surface area contributed by atoms with Crippen molar-refractivity contribution in [3.8, 4) is 0 Å². The summed E-state index contributed by atoms with van der Waals surface area (Å²) in [6.07, 6.45) is 4.23. The third-order valence-corrected chi connectivity index (χ3v) is 3.91. The van der Waals surface area contributed by atoms with Crippen LogP contribution in [0.25, 0.3) is 0 Å². The van der Waals surface area contributed by atoms with Crippen LogP contribution in [0.1, 0.15) is 24.8 Å². The number of hydrogen-bond donors (Lipinski definition) is 1. The van der Waals surface area contributed by atoms with E-state index in [1.807, 2.05) is 0 Å². The number of nitrogens with two attached hydrogens (primary N) is 1. The predicted molar refractivity (Wildman–Crippen MR) is 67.1 cm³/mol. The molecule has 5 heteroatoms. The van der Waals surface area contributed by atoms with Crippen molar-refractivity contribution in [1.29, 1.82) is 0 Å². The first kappa shape index (κ1) is 12.3. The molecule has 0 radical (unpaired) electrons. The molecule has 0 bridgehead atoms. The van der Waals surface area contributed by atoms with E-state index < -0.39 is 4.92 Å². The van der Waals surface area contributed by atoms with Crippen LogP contribution in [0.3, 0.4) is 0 Å². The van der Waals surface area contributed by atoms with Crippen molar-refractivity contribution in [1.82, 2.24) is 0 Å². The van der Waals surface area contributed by atoms with Gasteiger partial charge >= 0.3 is 0 Å². The van der Waals surface area contributed by atoms with Crippen molar-refractivity contribution in [3.05, 3.63) is 38.9 Å². The lowest BCUT2D eigenvalue weighted by molar-refractivity contribution is -0.384. The standard InChI is InChI=1S/C12H15ClN2O2/c13-11-7-10(15(16)17)2-1-9(11)3-4-12(8-14)5-6-12/h1-2,7H,3-6,8,14H2. The number of nitrogens with zero attached hydrogens (tertiary/aromatic N) is 1. The Balaban J connectivity index is 2.04. The summed E-state index contributed by atoms with van der Waals surface area (Å²) in [7, 11) is 0. The van der Waals surface area contributed by atoms with Crippen molar-refractivity contribution in [2.75, 3.05) is 6.54 Å². The van der Waals surface area contributed by atoms with Crippen LogP contribution in [0.4, 0.5) is 5.69 Å². The third-order valence-electron chi connectivity index (χ3n) is 3.56. The number of rotatable bonds is 5. The fourth-order valence-corrected chi connectivity index (χ4v) is 2.25. The fourth-order valence-electron chi connectivity index (χ4n) is 1.99. The van der Waals surface area contributed by atoms with Gasteiger partial charge < -0.3 is 5.73 Å². The summed E-state index contributed by atoms with van der Waals surface area (Å²) in [4.78, 5) is 10.1. The third kappa shape index (κ3) is 2.76. The van der Waals surface area contributed by atoms with E-state index in [2.05, 4.69) is 0 Å². The highest BCUT2D eigenvalue weighted by Gasteiger charge is 2.40. The highest BCUT2D eigenvalue weighted by molar-refractivity contribution is 6.31. The fraction of sp³-hybridized carbons (Fsp3) is 0.500. The van der Waals surface area contributed by atoms with Gasteiger partial charge in [-0.05, 0) is 43.2 Å². The topological polar surface area (TPSA) is 69.2 Å². The Bertz CT molecular complexity index is 444. The molecule has 1 aliphatic carbocycles. The average molecular weight is 255 g/mol. The van der Waals surface area contributed by atoms with E-state index in [0.29, 0.717) is 10.4 Å². The van der Waals surface area contributed by atoms with Gasteiger partial charge in [0.1, 0.15) is 0 Å². The molecule has 0 heterocycles. The summed E-state index contributed by atoms with van der Waals surface area (Å²) in [5.74, 6) is 0. The van der Waals surface area contributed by atoms with E-state index in [4.69, 9.17) is 17.3 Å². The molecule has 0 atom stereocenters. The van der Waals surface area contributed by atoms with Gasteiger partial charge in [-0.25, -0.2) is 0 Å². The monoisotopic (exact) mass is 254 g/mol. The largest absolute Gasteiger partial charge is 0.330 e. The maximum atomic E-state index is 10.6. The molecule has 1 aliphatic rings. The van der Waals surface area contributed by atoms with Gasteiger partial charge in [0.25, 0.3) is 5.69 Å². The quantitative estimate of drug-likeness (QED) is 0.649. The van der Waals surface area contributed by atoms with Crippen LogP contribution in [0, 0.1) is 15.5 Å². The van der Waals surface area contributed by atoms with Gasteiger partial charge in [0, 0.05) is 12.1 Å². The maximum Gasteiger partial charge on any atom is 0.270 e. The normalized spacial score (nSPS) is 16.8. The first-order chi connectivity index (χ1) is 8.06. The van der Waals surface area contributed by atoms with Gasteiger partial charge in [-0.1, -0.05) is 17.7 Å². The molecule has 1 aromatic carbocycles. The minimum Gasteiger partial charge on any atom is -0.330 e. The molecule has 2 N–H and O–H groups in total. The molecule has 4 nitrogen and oxygen atoms in total. The van der Waals surface area contributed by atoms with Gasteiger partial charge in [-0.2, -0.15) is 0 Å². The molecule has 0 spiro atoms. The van der Waals surface area contributed by atoms with E-state index in [9.17, 15) is 10.1 Å². The maximum absolute atomic E-state index is 10.6. The minimum absolute atomic E-state index is 0.0405. The van der Waals surface area contributed by atoms with Crippen LogP contribution in [-0.4, -0.2) is 11.5 Å². The molecule has 17 heavy (non-hydrogen) atoms. The van der Waals surface area contributed by atoms with Crippen LogP contribution < -0.4 is 5.73 Å². The highest BCUT2D eigenvalue weighted by Crippen LogP contribution is 2.48. The number of benzene rings is 1. The second-order valence-corrected chi connectivity index (χ2v) is 5.14. The molecular formula is C12H15ClN2O2. The summed E-state index contributed by atoms with van der Waals surface area (Å²) >= 11 is 6.03. The second kappa shape index (κ2) is 4.63. The van der Waals surface area contributed by atoms with E-state index in [-0.39, 0.29) is 5.69 Å². The number of nitro groups is 1. The lowest BCUT2D eigenvalue weighted by Gasteiger charge is -2.12. The second-order valence-electron chi connectivity index (χ2n) is 4.74. The van der Waals surface area contributed by atoms with Gasteiger partial charge in [-0.3, -0.25) is 10.1 Å². The van der Waals surface area contributed by atoms with Crippen molar-refractivity contribution in [2.24, 2.45) is 11.1 Å². The summed E-state index contributed by atoms with van der Waals surface area (Å²) in [5, 5.41) is 11.0. The van der Waals surface area contributed by atoms with Gasteiger partial charge in [0.05, 0.1) is 9.95 Å². The summed E-state index contributed by atoms with van der Waals surface area (Å²) in [5.41, 5.74) is 7.03. The Hall–Kier alpha value is -1.13. The van der Waals surface area contributed by atoms with Crippen LogP contribution in [0.2, 0.25) is 5.02 Å². The highest BCUT2D eigenvalue weighted by atomic mass is 35.5. The zero-order valence-corrected chi connectivity index (χ0v) is 10.2. The Labute approximate surface area is 105 Å². The Kier molecular flexibility index (Phi) is 3.35. The molecule has 0 aromatic heterocycles. The molecule has 1 saturated carbocycles. The van der Waals surface area contributed by atoms with Gasteiger partial charge in [0.2, 0.25) is 0 Å². The van der Waals surface area contributed by atoms with E-state index in [0.717, 1.165) is 24.9 Å². The van der Waals surface area contributed by atoms with Crippen LogP contribution in [0.15, 0.2) is 18.2 Å². The van der Waals surface area contributed by atoms with Crippen LogP contribution in [-0.2, 0) is 6.42 Å². The number of halogens is 1. The molecule has 0 unspecified atom stereocenters. The number of nitro benzene ring substituents is 1. The SMILES string of the molecule is NCC1(CCc2ccc([N+](=O)[O-])cc2Cl)CC1. The zero-order chi connectivity index (χ0) is 12.5. The van der Waals surface area contributed by atoms with E-state index in [1.54, 1.807) is 6.07 Å². The summed E-state index contributed by atoms with van der Waals surface area (Å²) in [6.45, 7) is 0.720. The smallest absolute Gasteiger partial charge is 0.270 e. The molecule has 0 amide bonds. The predicted octanol–water partition coefficient (Wildman–Crippen LogP) is 2.92. The van der Waals surface area contributed by atoms with Gasteiger partial charge in [0.15, 0.2) is 0 Å². The number of non-ortho nitro benzene ring substituents is 1. The van der Waals surface area contributed by atoms with Gasteiger partial charge in [-0.15, -0.1) is 0 Å². The van der Waals surface area contributed by atoms with Crippen molar-refractivity contribution in [2.45, 2.75) is 25.7 Å². The van der Waals surface area contributed by atoms with E-state index in [1.165, 1.54) is 25.0 Å².